The van der Waals surface area contributed by atoms with Gasteiger partial charge in [-0.05, 0) is 81.4 Å². The van der Waals surface area contributed by atoms with Gasteiger partial charge in [-0.15, -0.1) is 0 Å². The van der Waals surface area contributed by atoms with E-state index in [1.807, 2.05) is 18.2 Å². The molecule has 0 spiro atoms. The highest BCUT2D eigenvalue weighted by atomic mass is 35.5. The molecule has 8 heteroatoms. The number of sulfonamides is 1. The summed E-state index contributed by atoms with van der Waals surface area (Å²) in [6.45, 7) is 4.51. The predicted molar refractivity (Wildman–Crippen MR) is 124 cm³/mol. The Hall–Kier alpha value is -1.73. The van der Waals surface area contributed by atoms with Crippen molar-refractivity contribution < 1.29 is 8.42 Å². The van der Waals surface area contributed by atoms with Gasteiger partial charge in [-0.25, -0.2) is 8.42 Å². The molecule has 0 amide bonds. The Balaban J connectivity index is 1.45. The van der Waals surface area contributed by atoms with Gasteiger partial charge < -0.3 is 9.47 Å². The van der Waals surface area contributed by atoms with Crippen molar-refractivity contribution in [2.24, 2.45) is 0 Å². The Morgan fingerprint density at radius 2 is 1.63 bits per heavy atom. The molecule has 0 bridgehead atoms. The van der Waals surface area contributed by atoms with Crippen molar-refractivity contribution in [3.8, 4) is 0 Å². The normalized spacial score (nSPS) is 15.5. The number of nitrogens with zero attached hydrogens (tertiary/aromatic N) is 2. The largest absolute Gasteiger partial charge is 0.347 e. The van der Waals surface area contributed by atoms with E-state index in [9.17, 15) is 8.42 Å². The zero-order valence-electron chi connectivity index (χ0n) is 16.7. The monoisotopic (exact) mass is 465 g/mol. The van der Waals surface area contributed by atoms with E-state index in [0.717, 1.165) is 30.4 Å². The summed E-state index contributed by atoms with van der Waals surface area (Å²) >= 11 is 11.9. The number of hydrogen-bond acceptors (Lipinski definition) is 3. The van der Waals surface area contributed by atoms with Crippen LogP contribution in [-0.4, -0.2) is 37.5 Å². The van der Waals surface area contributed by atoms with Crippen LogP contribution in [0.5, 0.6) is 0 Å². The average molecular weight is 466 g/mol. The van der Waals surface area contributed by atoms with Gasteiger partial charge >= 0.3 is 0 Å². The summed E-state index contributed by atoms with van der Waals surface area (Å²) in [5.74, 6) is 0. The number of rotatable bonds is 7. The molecule has 1 fully saturated rings. The minimum absolute atomic E-state index is 0.0374. The van der Waals surface area contributed by atoms with E-state index in [4.69, 9.17) is 23.2 Å². The first kappa shape index (κ1) is 21.5. The number of benzene rings is 2. The molecule has 0 saturated carbocycles. The summed E-state index contributed by atoms with van der Waals surface area (Å²) in [4.78, 5) is 2.58. The second-order valence-electron chi connectivity index (χ2n) is 7.75. The van der Waals surface area contributed by atoms with Gasteiger partial charge in [0.2, 0.25) is 0 Å². The summed E-state index contributed by atoms with van der Waals surface area (Å²) in [5.41, 5.74) is 1.60. The number of aromatic nitrogens is 1. The summed E-state index contributed by atoms with van der Waals surface area (Å²) in [5, 5.41) is 1.55. The Morgan fingerprint density at radius 3 is 2.37 bits per heavy atom. The first-order chi connectivity index (χ1) is 14.4. The van der Waals surface area contributed by atoms with Gasteiger partial charge in [-0.1, -0.05) is 29.6 Å². The van der Waals surface area contributed by atoms with Crippen LogP contribution in [0.3, 0.4) is 0 Å². The summed E-state index contributed by atoms with van der Waals surface area (Å²) in [6, 6.07) is 11.9. The number of fused-ring (bicyclic) bond motifs is 1. The molecule has 0 unspecified atom stereocenters. The van der Waals surface area contributed by atoms with E-state index >= 15 is 0 Å². The van der Waals surface area contributed by atoms with E-state index in [-0.39, 0.29) is 14.9 Å². The molecular weight excluding hydrogens is 441 g/mol. The van der Waals surface area contributed by atoms with E-state index in [2.05, 4.69) is 20.4 Å². The summed E-state index contributed by atoms with van der Waals surface area (Å²) in [7, 11) is -3.78. The molecule has 160 valence electrons. The van der Waals surface area contributed by atoms with Crippen LogP contribution >= 0.6 is 23.2 Å². The second-order valence-corrected chi connectivity index (χ2v) is 10.3. The van der Waals surface area contributed by atoms with Gasteiger partial charge in [0.05, 0.1) is 4.90 Å². The molecule has 0 aliphatic carbocycles. The number of halogens is 2. The Kier molecular flexibility index (Phi) is 6.58. The highest BCUT2D eigenvalue weighted by molar-refractivity contribution is 7.92. The smallest absolute Gasteiger partial charge is 0.261 e. The fraction of sp³-hybridized carbons (Fsp3) is 0.364. The molecule has 3 aromatic rings. The van der Waals surface area contributed by atoms with Gasteiger partial charge in [-0.3, -0.25) is 4.72 Å². The maximum atomic E-state index is 12.7. The zero-order valence-corrected chi connectivity index (χ0v) is 19.0. The van der Waals surface area contributed by atoms with Crippen molar-refractivity contribution in [2.45, 2.75) is 37.1 Å². The van der Waals surface area contributed by atoms with Crippen molar-refractivity contribution in [3.63, 3.8) is 0 Å². The van der Waals surface area contributed by atoms with Crippen LogP contribution in [0.15, 0.2) is 53.6 Å². The van der Waals surface area contributed by atoms with Crippen LogP contribution < -0.4 is 4.72 Å². The number of anilines is 1. The first-order valence-electron chi connectivity index (χ1n) is 10.2. The van der Waals surface area contributed by atoms with Gasteiger partial charge in [0.1, 0.15) is 0 Å². The third-order valence-corrected chi connectivity index (χ3v) is 7.29. The SMILES string of the molecule is O=S(=O)(Nc1ccc2c(ccn2CCCN2CCCCC2)c1)c1cc(Cl)cc(Cl)c1. The lowest BCUT2D eigenvalue weighted by molar-refractivity contribution is 0.223. The summed E-state index contributed by atoms with van der Waals surface area (Å²) in [6.07, 6.45) is 7.15. The standard InChI is InChI=1S/C22H25Cl2N3O2S/c23-18-14-19(24)16-21(15-18)30(28,29)25-20-5-6-22-17(13-20)7-12-27(22)11-4-10-26-8-2-1-3-9-26/h5-7,12-16,25H,1-4,8-11H2. The molecule has 4 rings (SSSR count). The van der Waals surface area contributed by atoms with Crippen LogP contribution in [0.25, 0.3) is 10.9 Å². The van der Waals surface area contributed by atoms with Crippen molar-refractivity contribution in [1.29, 1.82) is 0 Å². The van der Waals surface area contributed by atoms with Crippen molar-refractivity contribution in [3.05, 3.63) is 58.7 Å². The van der Waals surface area contributed by atoms with Crippen molar-refractivity contribution in [2.75, 3.05) is 24.4 Å². The van der Waals surface area contributed by atoms with E-state index in [1.165, 1.54) is 50.6 Å². The maximum absolute atomic E-state index is 12.7. The molecule has 1 aromatic heterocycles. The molecule has 1 saturated heterocycles. The van der Waals surface area contributed by atoms with Crippen LogP contribution in [0.4, 0.5) is 5.69 Å². The number of hydrogen-bond donors (Lipinski definition) is 1. The minimum atomic E-state index is -3.78. The third-order valence-electron chi connectivity index (χ3n) is 5.49. The second kappa shape index (κ2) is 9.18. The lowest BCUT2D eigenvalue weighted by atomic mass is 10.1. The minimum Gasteiger partial charge on any atom is -0.347 e. The maximum Gasteiger partial charge on any atom is 0.261 e. The number of piperidine rings is 1. The lowest BCUT2D eigenvalue weighted by Crippen LogP contribution is -2.31. The van der Waals surface area contributed by atoms with Crippen LogP contribution in [0, 0.1) is 0 Å². The molecule has 2 aromatic carbocycles. The lowest BCUT2D eigenvalue weighted by Gasteiger charge is -2.26. The van der Waals surface area contributed by atoms with Gasteiger partial charge in [-0.2, -0.15) is 0 Å². The highest BCUT2D eigenvalue weighted by Gasteiger charge is 2.16. The topological polar surface area (TPSA) is 54.3 Å². The van der Waals surface area contributed by atoms with E-state index in [0.29, 0.717) is 5.69 Å². The predicted octanol–water partition coefficient (Wildman–Crippen LogP) is 5.62. The van der Waals surface area contributed by atoms with E-state index < -0.39 is 10.0 Å². The molecule has 1 aliphatic rings. The Bertz CT molecular complexity index is 1120. The molecule has 1 aliphatic heterocycles. The van der Waals surface area contributed by atoms with Gasteiger partial charge in [0, 0.05) is 39.4 Å². The van der Waals surface area contributed by atoms with Crippen LogP contribution in [0.1, 0.15) is 25.7 Å². The Labute approximate surface area is 187 Å². The number of aryl methyl sites for hydroxylation is 1. The molecule has 1 N–H and O–H groups in total. The van der Waals surface area contributed by atoms with Crippen molar-refractivity contribution >= 4 is 49.8 Å². The third kappa shape index (κ3) is 5.11. The first-order valence-corrected chi connectivity index (χ1v) is 12.4. The summed E-state index contributed by atoms with van der Waals surface area (Å²) < 4.78 is 30.2. The average Bonchev–Trinajstić information content (AvgIpc) is 3.10. The Morgan fingerprint density at radius 1 is 0.900 bits per heavy atom. The fourth-order valence-corrected chi connectivity index (χ4v) is 5.78. The van der Waals surface area contributed by atoms with Crippen molar-refractivity contribution in [1.82, 2.24) is 9.47 Å². The van der Waals surface area contributed by atoms with Gasteiger partial charge in [0.15, 0.2) is 0 Å². The molecule has 30 heavy (non-hydrogen) atoms. The molecule has 0 atom stereocenters. The van der Waals surface area contributed by atoms with Crippen LogP contribution in [0.2, 0.25) is 10.0 Å². The zero-order chi connectivity index (χ0) is 21.1. The number of likely N-dealkylation sites (tertiary alicyclic amines) is 1. The molecular formula is C22H25Cl2N3O2S. The van der Waals surface area contributed by atoms with Gasteiger partial charge in [0.25, 0.3) is 10.0 Å². The number of nitrogens with one attached hydrogen (secondary N) is 1. The quantitative estimate of drug-likeness (QED) is 0.492. The van der Waals surface area contributed by atoms with E-state index in [1.54, 1.807) is 6.07 Å². The molecule has 0 radical (unpaired) electrons. The van der Waals surface area contributed by atoms with Crippen LogP contribution in [-0.2, 0) is 16.6 Å². The fourth-order valence-electron chi connectivity index (χ4n) is 4.00. The highest BCUT2D eigenvalue weighted by Crippen LogP contribution is 2.26. The molecule has 5 nitrogen and oxygen atoms in total. The molecule has 2 heterocycles.